The fourth-order valence-corrected chi connectivity index (χ4v) is 5.51. The summed E-state index contributed by atoms with van der Waals surface area (Å²) in [4.78, 5) is 110. The second kappa shape index (κ2) is 26.1. The SMILES string of the molecule is CC(C)[C@@H](CC(=O)N[C@@H](CCC(=O)O)CC(=O)N[C@H](CC(=O)N[C@@H](C)CC(=O)N[C@@H](C)CC(=O)N[C@@H](CCC(=O)O)CC(=O)O)C(C)C)NC(=O)C[C@H](C)N. The van der Waals surface area contributed by atoms with Gasteiger partial charge in [0.15, 0.2) is 0 Å². The van der Waals surface area contributed by atoms with E-state index < -0.39 is 90.1 Å². The van der Waals surface area contributed by atoms with E-state index in [9.17, 15) is 48.3 Å². The van der Waals surface area contributed by atoms with Gasteiger partial charge < -0.3 is 53.0 Å². The molecule has 314 valence electrons. The molecule has 0 aliphatic carbocycles. The highest BCUT2D eigenvalue weighted by molar-refractivity contribution is 5.84. The van der Waals surface area contributed by atoms with Crippen LogP contribution >= 0.6 is 0 Å². The van der Waals surface area contributed by atoms with E-state index >= 15 is 0 Å². The first-order valence-electron chi connectivity index (χ1n) is 18.6. The van der Waals surface area contributed by atoms with Gasteiger partial charge >= 0.3 is 17.9 Å². The largest absolute Gasteiger partial charge is 0.481 e. The summed E-state index contributed by atoms with van der Waals surface area (Å²) in [5.41, 5.74) is 5.70. The first-order chi connectivity index (χ1) is 25.5. The van der Waals surface area contributed by atoms with Crippen LogP contribution in [0, 0.1) is 11.8 Å². The molecule has 11 N–H and O–H groups in total. The average Bonchev–Trinajstić information content (AvgIpc) is 3.00. The van der Waals surface area contributed by atoms with Gasteiger partial charge in [0.05, 0.1) is 6.42 Å². The summed E-state index contributed by atoms with van der Waals surface area (Å²) in [5, 5.41) is 43.3. The molecule has 0 aromatic carbocycles. The summed E-state index contributed by atoms with van der Waals surface area (Å²) >= 11 is 0. The summed E-state index contributed by atoms with van der Waals surface area (Å²) in [6.07, 6.45) is -1.97. The lowest BCUT2D eigenvalue weighted by molar-refractivity contribution is -0.140. The second-order valence-corrected chi connectivity index (χ2v) is 15.0. The van der Waals surface area contributed by atoms with Crippen LogP contribution in [0.4, 0.5) is 0 Å². The van der Waals surface area contributed by atoms with E-state index in [4.69, 9.17) is 15.9 Å². The molecule has 0 fully saturated rings. The number of nitrogens with two attached hydrogens (primary N) is 1. The molecule has 0 unspecified atom stereocenters. The van der Waals surface area contributed by atoms with Crippen LogP contribution in [0.15, 0.2) is 0 Å². The first-order valence-corrected chi connectivity index (χ1v) is 18.6. The van der Waals surface area contributed by atoms with Crippen molar-refractivity contribution in [1.82, 2.24) is 31.9 Å². The highest BCUT2D eigenvalue weighted by Gasteiger charge is 2.27. The molecule has 0 aromatic heterocycles. The van der Waals surface area contributed by atoms with Gasteiger partial charge in [0.25, 0.3) is 0 Å². The van der Waals surface area contributed by atoms with Gasteiger partial charge in [-0.1, -0.05) is 27.7 Å². The van der Waals surface area contributed by atoms with E-state index in [2.05, 4.69) is 31.9 Å². The number of carboxylic acids is 3. The Bertz CT molecular complexity index is 1320. The zero-order chi connectivity index (χ0) is 42.4. The number of amides is 6. The van der Waals surface area contributed by atoms with Crippen molar-refractivity contribution in [2.24, 2.45) is 17.6 Å². The molecular weight excluding hydrogens is 722 g/mol. The molecule has 55 heavy (non-hydrogen) atoms. The van der Waals surface area contributed by atoms with Gasteiger partial charge in [0.2, 0.25) is 35.4 Å². The smallest absolute Gasteiger partial charge is 0.305 e. The van der Waals surface area contributed by atoms with Crippen LogP contribution in [-0.4, -0.2) is 111 Å². The van der Waals surface area contributed by atoms with E-state index in [0.717, 1.165) is 0 Å². The third-order valence-corrected chi connectivity index (χ3v) is 8.41. The Morgan fingerprint density at radius 2 is 0.745 bits per heavy atom. The maximum atomic E-state index is 13.1. The highest BCUT2D eigenvalue weighted by atomic mass is 16.4. The van der Waals surface area contributed by atoms with E-state index in [1.807, 2.05) is 13.8 Å². The molecule has 6 amide bonds. The van der Waals surface area contributed by atoms with E-state index in [-0.39, 0.29) is 88.0 Å². The van der Waals surface area contributed by atoms with Crippen molar-refractivity contribution >= 4 is 53.4 Å². The molecule has 0 heterocycles. The molecule has 0 spiro atoms. The summed E-state index contributed by atoms with van der Waals surface area (Å²) < 4.78 is 0. The van der Waals surface area contributed by atoms with Gasteiger partial charge in [-0.25, -0.2) is 0 Å². The molecule has 0 saturated carbocycles. The molecule has 0 rings (SSSR count). The molecule has 0 saturated heterocycles. The molecule has 7 atom stereocenters. The minimum atomic E-state index is -1.20. The molecule has 0 aliphatic rings. The van der Waals surface area contributed by atoms with Crippen LogP contribution < -0.4 is 37.6 Å². The van der Waals surface area contributed by atoms with Gasteiger partial charge in [-0.2, -0.15) is 0 Å². The lowest BCUT2D eigenvalue weighted by Gasteiger charge is -2.26. The van der Waals surface area contributed by atoms with E-state index in [1.165, 1.54) is 0 Å². The number of carbonyl (C=O) groups is 9. The van der Waals surface area contributed by atoms with E-state index in [0.29, 0.717) is 0 Å². The number of rotatable bonds is 28. The standard InChI is InChI=1S/C36H63N7O12/c1-19(2)26(43-31(47)15-24(8-10-34(50)51)40-33(49)18-27(20(3)4)42-28(44)12-21(5)37)17-32(48)39-22(6)13-29(45)38-23(7)14-30(46)41-25(16-36(54)55)9-11-35(52)53/h19-27H,8-18,37H2,1-7H3,(H,38,45)(H,39,48)(H,40,49)(H,41,46)(H,42,44)(H,43,47)(H,50,51)(H,52,53)(H,54,55)/t21-,22-,23-,24-,25-,26+,27+/m0/s1. The van der Waals surface area contributed by atoms with E-state index in [1.54, 1.807) is 34.6 Å². The molecule has 0 aliphatic heterocycles. The van der Waals surface area contributed by atoms with Gasteiger partial charge in [0.1, 0.15) is 0 Å². The summed E-state index contributed by atoms with van der Waals surface area (Å²) in [6, 6.07) is -4.56. The Morgan fingerprint density at radius 3 is 1.11 bits per heavy atom. The van der Waals surface area contributed by atoms with Crippen LogP contribution in [-0.2, 0) is 43.2 Å². The maximum Gasteiger partial charge on any atom is 0.305 e. The molecule has 0 bridgehead atoms. The van der Waals surface area contributed by atoms with Crippen LogP contribution in [0.3, 0.4) is 0 Å². The Labute approximate surface area is 322 Å². The van der Waals surface area contributed by atoms with Crippen LogP contribution in [0.25, 0.3) is 0 Å². The van der Waals surface area contributed by atoms with Crippen molar-refractivity contribution in [2.75, 3.05) is 0 Å². The predicted molar refractivity (Wildman–Crippen MR) is 200 cm³/mol. The fourth-order valence-electron chi connectivity index (χ4n) is 5.51. The van der Waals surface area contributed by atoms with Gasteiger partial charge in [-0.15, -0.1) is 0 Å². The third-order valence-electron chi connectivity index (χ3n) is 8.41. The zero-order valence-corrected chi connectivity index (χ0v) is 33.1. The minimum Gasteiger partial charge on any atom is -0.481 e. The average molecular weight is 786 g/mol. The maximum absolute atomic E-state index is 13.1. The normalized spacial score (nSPS) is 14.9. The third kappa shape index (κ3) is 25.8. The molecule has 19 nitrogen and oxygen atoms in total. The van der Waals surface area contributed by atoms with Crippen molar-refractivity contribution in [1.29, 1.82) is 0 Å². The molecule has 0 radical (unpaired) electrons. The monoisotopic (exact) mass is 785 g/mol. The fraction of sp³-hybridized carbons (Fsp3) is 0.750. The first kappa shape index (κ1) is 50.2. The van der Waals surface area contributed by atoms with Crippen molar-refractivity contribution in [3.05, 3.63) is 0 Å². The lowest BCUT2D eigenvalue weighted by atomic mass is 9.98. The van der Waals surface area contributed by atoms with Gasteiger partial charge in [0, 0.05) is 93.7 Å². The quantitative estimate of drug-likeness (QED) is 0.0505. The van der Waals surface area contributed by atoms with Crippen LogP contribution in [0.1, 0.15) is 119 Å². The van der Waals surface area contributed by atoms with Crippen molar-refractivity contribution in [2.45, 2.75) is 161 Å². The van der Waals surface area contributed by atoms with Gasteiger partial charge in [-0.3, -0.25) is 43.2 Å². The predicted octanol–water partition coefficient (Wildman–Crippen LogP) is 0.139. The summed E-state index contributed by atoms with van der Waals surface area (Å²) in [5.74, 6) is -6.57. The summed E-state index contributed by atoms with van der Waals surface area (Å²) in [7, 11) is 0. The zero-order valence-electron chi connectivity index (χ0n) is 33.1. The number of aliphatic carboxylic acids is 3. The number of hydrogen-bond donors (Lipinski definition) is 10. The number of carboxylic acid groups (broad SMARTS) is 3. The van der Waals surface area contributed by atoms with Crippen molar-refractivity contribution in [3.63, 3.8) is 0 Å². The molecule has 19 heteroatoms. The Kier molecular flexibility index (Phi) is 23.8. The van der Waals surface area contributed by atoms with Crippen molar-refractivity contribution < 1.29 is 58.5 Å². The number of carbonyl (C=O) groups excluding carboxylic acids is 6. The number of nitrogens with one attached hydrogen (secondary N) is 6. The Balaban J connectivity index is 5.17. The van der Waals surface area contributed by atoms with Crippen LogP contribution in [0.5, 0.6) is 0 Å². The van der Waals surface area contributed by atoms with Gasteiger partial charge in [-0.05, 0) is 45.4 Å². The Morgan fingerprint density at radius 1 is 0.418 bits per heavy atom. The minimum absolute atomic E-state index is 0.0361. The highest BCUT2D eigenvalue weighted by Crippen LogP contribution is 2.12. The molecule has 0 aromatic rings. The van der Waals surface area contributed by atoms with Crippen molar-refractivity contribution in [3.8, 4) is 0 Å². The second-order valence-electron chi connectivity index (χ2n) is 15.0. The van der Waals surface area contributed by atoms with Crippen LogP contribution in [0.2, 0.25) is 0 Å². The Hall–Kier alpha value is -4.81. The summed E-state index contributed by atoms with van der Waals surface area (Å²) in [6.45, 7) is 12.1. The lowest BCUT2D eigenvalue weighted by Crippen LogP contribution is -2.48. The topological polar surface area (TPSA) is 313 Å². The molecular formula is C36H63N7O12. The number of hydrogen-bond acceptors (Lipinski definition) is 10.